The Morgan fingerprint density at radius 3 is 2.56 bits per heavy atom. The highest BCUT2D eigenvalue weighted by molar-refractivity contribution is 6.39. The number of para-hydroxylation sites is 1. The predicted molar refractivity (Wildman–Crippen MR) is 127 cm³/mol. The lowest BCUT2D eigenvalue weighted by molar-refractivity contribution is -0.136. The number of nitrogens with zero attached hydrogens (tertiary/aromatic N) is 1. The zero-order valence-electron chi connectivity index (χ0n) is 19.3. The van der Waals surface area contributed by atoms with E-state index in [1.807, 2.05) is 41.3 Å². The average molecular weight is 464 g/mol. The number of carbonyl (C=O) groups excluding carboxylic acids is 3. The van der Waals surface area contributed by atoms with Gasteiger partial charge >= 0.3 is 11.8 Å². The van der Waals surface area contributed by atoms with Gasteiger partial charge in [-0.15, -0.1) is 0 Å². The zero-order chi connectivity index (χ0) is 23.7. The molecule has 3 aliphatic rings. The molecule has 0 spiro atoms. The maximum absolute atomic E-state index is 12.8. The average Bonchev–Trinajstić information content (AvgIpc) is 3.30. The normalized spacial score (nSPS) is 18.3. The number of carbonyl (C=O) groups is 3. The van der Waals surface area contributed by atoms with Gasteiger partial charge in [0.1, 0.15) is 5.75 Å². The monoisotopic (exact) mass is 463 g/mol. The van der Waals surface area contributed by atoms with E-state index in [-0.39, 0.29) is 11.3 Å². The van der Waals surface area contributed by atoms with Crippen molar-refractivity contribution in [2.45, 2.75) is 37.5 Å². The van der Waals surface area contributed by atoms with Gasteiger partial charge in [-0.1, -0.05) is 18.2 Å². The molecule has 0 aromatic heterocycles. The fourth-order valence-electron chi connectivity index (χ4n) is 5.43. The molecule has 1 fully saturated rings. The van der Waals surface area contributed by atoms with E-state index in [0.29, 0.717) is 44.8 Å². The Kier molecular flexibility index (Phi) is 6.00. The zero-order valence-corrected chi connectivity index (χ0v) is 19.3. The quantitative estimate of drug-likeness (QED) is 0.664. The molecule has 2 aromatic carbocycles. The van der Waals surface area contributed by atoms with E-state index in [4.69, 9.17) is 9.47 Å². The Labute approximate surface area is 198 Å². The smallest absolute Gasteiger partial charge is 0.313 e. The predicted octanol–water partition coefficient (Wildman–Crippen LogP) is 2.33. The molecule has 2 aromatic rings. The second-order valence-corrected chi connectivity index (χ2v) is 9.17. The molecule has 0 radical (unpaired) electrons. The fraction of sp³-hybridized carbons (Fsp3) is 0.423. The number of anilines is 2. The first-order valence-electron chi connectivity index (χ1n) is 11.8. The summed E-state index contributed by atoms with van der Waals surface area (Å²) in [5.74, 6) is -0.454. The number of nitrogens with one attached hydrogen (secondary N) is 2. The van der Waals surface area contributed by atoms with E-state index in [0.717, 1.165) is 47.4 Å². The van der Waals surface area contributed by atoms with Crippen LogP contribution in [0, 0.1) is 0 Å². The van der Waals surface area contributed by atoms with Crippen molar-refractivity contribution in [3.63, 3.8) is 0 Å². The number of benzene rings is 2. The summed E-state index contributed by atoms with van der Waals surface area (Å²) in [4.78, 5) is 39.5. The lowest BCUT2D eigenvalue weighted by atomic mass is 9.73. The third kappa shape index (κ3) is 4.03. The van der Waals surface area contributed by atoms with Crippen LogP contribution in [-0.4, -0.2) is 51.1 Å². The SMILES string of the molecule is COc1ccccc1C1(CNC(=O)C(=O)Nc2cc3c4c(c2)CCN4C(=O)CC3)CCOCC1. The molecule has 0 saturated carbocycles. The van der Waals surface area contributed by atoms with Gasteiger partial charge in [-0.25, -0.2) is 0 Å². The van der Waals surface area contributed by atoms with E-state index in [1.165, 1.54) is 0 Å². The van der Waals surface area contributed by atoms with Crippen molar-refractivity contribution in [3.8, 4) is 5.75 Å². The van der Waals surface area contributed by atoms with Crippen molar-refractivity contribution in [2.75, 3.05) is 43.6 Å². The third-order valence-corrected chi connectivity index (χ3v) is 7.23. The summed E-state index contributed by atoms with van der Waals surface area (Å²) in [6, 6.07) is 11.6. The van der Waals surface area contributed by atoms with Gasteiger partial charge in [0, 0.05) is 49.4 Å². The molecule has 3 heterocycles. The van der Waals surface area contributed by atoms with Gasteiger partial charge in [0.25, 0.3) is 0 Å². The van der Waals surface area contributed by atoms with Crippen molar-refractivity contribution in [2.24, 2.45) is 0 Å². The highest BCUT2D eigenvalue weighted by atomic mass is 16.5. The minimum Gasteiger partial charge on any atom is -0.496 e. The minimum atomic E-state index is -0.698. The summed E-state index contributed by atoms with van der Waals surface area (Å²) in [6.45, 7) is 2.15. The number of rotatable bonds is 5. The standard InChI is InChI=1S/C26H29N3O5/c1-33-21-5-3-2-4-20(21)26(9-12-34-13-10-26)16-27-24(31)25(32)28-19-14-17-6-7-22(30)29-11-8-18(15-19)23(17)29/h2-5,14-15H,6-13,16H2,1H3,(H,27,31)(H,28,32). The highest BCUT2D eigenvalue weighted by Crippen LogP contribution is 2.40. The van der Waals surface area contributed by atoms with E-state index in [9.17, 15) is 14.4 Å². The number of hydrogen-bond acceptors (Lipinski definition) is 5. The van der Waals surface area contributed by atoms with Crippen LogP contribution in [0.5, 0.6) is 5.75 Å². The summed E-state index contributed by atoms with van der Waals surface area (Å²) in [5.41, 5.74) is 4.31. The number of ether oxygens (including phenoxy) is 2. The van der Waals surface area contributed by atoms with Crippen LogP contribution in [0.4, 0.5) is 11.4 Å². The van der Waals surface area contributed by atoms with Gasteiger partial charge < -0.3 is 25.0 Å². The molecule has 8 nitrogen and oxygen atoms in total. The molecule has 5 rings (SSSR count). The van der Waals surface area contributed by atoms with Crippen LogP contribution in [-0.2, 0) is 37.4 Å². The number of hydrogen-bond donors (Lipinski definition) is 2. The Balaban J connectivity index is 1.29. The molecule has 2 N–H and O–H groups in total. The van der Waals surface area contributed by atoms with Crippen molar-refractivity contribution in [1.82, 2.24) is 5.32 Å². The van der Waals surface area contributed by atoms with Crippen LogP contribution in [0.1, 0.15) is 36.0 Å². The Bertz CT molecular complexity index is 1140. The van der Waals surface area contributed by atoms with Crippen LogP contribution >= 0.6 is 0 Å². The maximum atomic E-state index is 12.8. The molecule has 3 amide bonds. The molecule has 178 valence electrons. The van der Waals surface area contributed by atoms with Gasteiger partial charge in [0.15, 0.2) is 0 Å². The summed E-state index contributed by atoms with van der Waals surface area (Å²) in [5, 5.41) is 5.61. The maximum Gasteiger partial charge on any atom is 0.313 e. The van der Waals surface area contributed by atoms with Crippen LogP contribution in [0.15, 0.2) is 36.4 Å². The van der Waals surface area contributed by atoms with E-state index in [2.05, 4.69) is 10.6 Å². The van der Waals surface area contributed by atoms with Crippen LogP contribution in [0.3, 0.4) is 0 Å². The van der Waals surface area contributed by atoms with Gasteiger partial charge in [-0.05, 0) is 55.0 Å². The van der Waals surface area contributed by atoms with Gasteiger partial charge in [-0.2, -0.15) is 0 Å². The first-order valence-corrected chi connectivity index (χ1v) is 11.8. The van der Waals surface area contributed by atoms with Crippen molar-refractivity contribution in [3.05, 3.63) is 53.1 Å². The minimum absolute atomic E-state index is 0.152. The molecule has 1 saturated heterocycles. The topological polar surface area (TPSA) is 97.0 Å². The molecule has 0 aliphatic carbocycles. The summed E-state index contributed by atoms with van der Waals surface area (Å²) in [7, 11) is 1.64. The Hall–Kier alpha value is -3.39. The van der Waals surface area contributed by atoms with Crippen molar-refractivity contribution >= 4 is 29.1 Å². The molecular formula is C26H29N3O5. The number of aryl methyl sites for hydroxylation is 1. The molecule has 8 heteroatoms. The van der Waals surface area contributed by atoms with Crippen LogP contribution in [0.25, 0.3) is 0 Å². The molecule has 0 bridgehead atoms. The van der Waals surface area contributed by atoms with E-state index >= 15 is 0 Å². The molecule has 34 heavy (non-hydrogen) atoms. The molecule has 3 aliphatic heterocycles. The molecular weight excluding hydrogens is 434 g/mol. The molecule has 0 atom stereocenters. The van der Waals surface area contributed by atoms with Gasteiger partial charge in [0.2, 0.25) is 5.91 Å². The number of amides is 3. The first-order chi connectivity index (χ1) is 16.5. The summed E-state index contributed by atoms with van der Waals surface area (Å²) in [6.07, 6.45) is 3.32. The molecule has 0 unspecified atom stereocenters. The lowest BCUT2D eigenvalue weighted by Gasteiger charge is -2.38. The Morgan fingerprint density at radius 1 is 1.06 bits per heavy atom. The number of methoxy groups -OCH3 is 1. The summed E-state index contributed by atoms with van der Waals surface area (Å²) < 4.78 is 11.1. The lowest BCUT2D eigenvalue weighted by Crippen LogP contribution is -2.47. The first kappa shape index (κ1) is 22.4. The second kappa shape index (κ2) is 9.10. The van der Waals surface area contributed by atoms with E-state index in [1.54, 1.807) is 7.11 Å². The van der Waals surface area contributed by atoms with Crippen molar-refractivity contribution in [1.29, 1.82) is 0 Å². The second-order valence-electron chi connectivity index (χ2n) is 9.17. The van der Waals surface area contributed by atoms with Crippen LogP contribution < -0.4 is 20.3 Å². The Morgan fingerprint density at radius 2 is 1.79 bits per heavy atom. The fourth-order valence-corrected chi connectivity index (χ4v) is 5.43. The van der Waals surface area contributed by atoms with Gasteiger partial charge in [0.05, 0.1) is 12.8 Å². The van der Waals surface area contributed by atoms with Gasteiger partial charge in [-0.3, -0.25) is 14.4 Å². The summed E-state index contributed by atoms with van der Waals surface area (Å²) >= 11 is 0. The third-order valence-electron chi connectivity index (χ3n) is 7.23. The largest absolute Gasteiger partial charge is 0.496 e. The van der Waals surface area contributed by atoms with E-state index < -0.39 is 11.8 Å². The highest BCUT2D eigenvalue weighted by Gasteiger charge is 2.38. The van der Waals surface area contributed by atoms with Crippen molar-refractivity contribution < 1.29 is 23.9 Å². The van der Waals surface area contributed by atoms with Crippen LogP contribution in [0.2, 0.25) is 0 Å².